The molecule has 2 aromatic carbocycles. The second kappa shape index (κ2) is 15.5. The summed E-state index contributed by atoms with van der Waals surface area (Å²) in [6, 6.07) is 16.5. The lowest BCUT2D eigenvalue weighted by Crippen LogP contribution is -2.46. The van der Waals surface area contributed by atoms with E-state index in [0.717, 1.165) is 67.3 Å². The Bertz CT molecular complexity index is 1030. The number of ether oxygens (including phenoxy) is 1. The van der Waals surface area contributed by atoms with Crippen molar-refractivity contribution >= 4 is 48.2 Å². The highest BCUT2D eigenvalue weighted by atomic mass is 35.5. The quantitative estimate of drug-likeness (QED) is 0.261. The smallest absolute Gasteiger partial charge is 0.247 e. The van der Waals surface area contributed by atoms with E-state index < -0.39 is 4.75 Å². The van der Waals surface area contributed by atoms with Crippen LogP contribution in [0.15, 0.2) is 53.4 Å². The molecule has 1 aliphatic heterocycles. The van der Waals surface area contributed by atoms with Gasteiger partial charge < -0.3 is 19.9 Å². The zero-order chi connectivity index (χ0) is 26.3. The van der Waals surface area contributed by atoms with E-state index in [-0.39, 0.29) is 30.7 Å². The maximum absolute atomic E-state index is 13.8. The minimum absolute atomic E-state index is 0. The minimum atomic E-state index is -0.626. The highest BCUT2D eigenvalue weighted by Crippen LogP contribution is 2.53. The Balaban J connectivity index is 0.00000267. The summed E-state index contributed by atoms with van der Waals surface area (Å²) < 4.78 is 5.45. The van der Waals surface area contributed by atoms with Crippen LogP contribution in [0.25, 0.3) is 0 Å². The molecule has 1 fully saturated rings. The largest absolute Gasteiger partial charge is 0.494 e. The number of halogens is 2. The molecule has 0 spiro atoms. The molecule has 5 nitrogen and oxygen atoms in total. The molecule has 0 aromatic heterocycles. The predicted molar refractivity (Wildman–Crippen MR) is 170 cm³/mol. The predicted octanol–water partition coefficient (Wildman–Crippen LogP) is 7.31. The van der Waals surface area contributed by atoms with E-state index >= 15 is 0 Å². The average molecular weight is 597 g/mol. The standard InChI is InChI=1S/C31H45N3O2S.2ClH/c1-30(19-8-5-9-20-30)32-22-10-11-24-36-26-17-15-25(16-18-26)31(21-12-23-33(2)3)29(35)34(4)27-13-6-7-14-28(27)37-31;;/h6-7,13-18,32H,5,8-12,19-24H2,1-4H3;2*1H. The fraction of sp³-hybridized carbons (Fsp3) is 0.581. The Kier molecular flexibility index (Phi) is 13.4. The molecular formula is C31H47Cl2N3O2S. The fourth-order valence-electron chi connectivity index (χ4n) is 5.70. The summed E-state index contributed by atoms with van der Waals surface area (Å²) in [5.74, 6) is 1.03. The lowest BCUT2D eigenvalue weighted by Gasteiger charge is -2.41. The zero-order valence-corrected chi connectivity index (χ0v) is 26.5. The molecule has 0 bridgehead atoms. The SMILES string of the molecule is CN(C)CCCC1(c2ccc(OCCCCNC3(C)CCCCC3)cc2)Sc2ccccc2N(C)C1=O.Cl.Cl. The monoisotopic (exact) mass is 595 g/mol. The number of nitrogens with zero attached hydrogens (tertiary/aromatic N) is 2. The van der Waals surface area contributed by atoms with E-state index in [9.17, 15) is 4.79 Å². The molecule has 1 amide bonds. The first kappa shape index (κ1) is 33.8. The number of benzene rings is 2. The van der Waals surface area contributed by atoms with Gasteiger partial charge in [0.05, 0.1) is 12.3 Å². The van der Waals surface area contributed by atoms with Crippen molar-refractivity contribution in [3.05, 3.63) is 54.1 Å². The molecule has 1 unspecified atom stereocenters. The van der Waals surface area contributed by atoms with Gasteiger partial charge in [0.15, 0.2) is 0 Å². The number of hydrogen-bond donors (Lipinski definition) is 1. The molecule has 0 saturated heterocycles. The van der Waals surface area contributed by atoms with Crippen LogP contribution in [-0.2, 0) is 9.54 Å². The molecule has 1 heterocycles. The maximum atomic E-state index is 13.8. The van der Waals surface area contributed by atoms with Crippen LogP contribution in [0.2, 0.25) is 0 Å². The molecule has 1 saturated carbocycles. The number of fused-ring (bicyclic) bond motifs is 1. The number of hydrogen-bond acceptors (Lipinski definition) is 5. The van der Waals surface area contributed by atoms with E-state index in [4.69, 9.17) is 4.74 Å². The van der Waals surface area contributed by atoms with Crippen molar-refractivity contribution in [1.82, 2.24) is 10.2 Å². The second-order valence-corrected chi connectivity index (χ2v) is 12.6. The fourth-order valence-corrected chi connectivity index (χ4v) is 7.25. The molecule has 1 aliphatic carbocycles. The Morgan fingerprint density at radius 1 is 0.974 bits per heavy atom. The summed E-state index contributed by atoms with van der Waals surface area (Å²) in [7, 11) is 6.08. The van der Waals surface area contributed by atoms with Crippen LogP contribution in [0.3, 0.4) is 0 Å². The van der Waals surface area contributed by atoms with E-state index in [0.29, 0.717) is 5.54 Å². The highest BCUT2D eigenvalue weighted by molar-refractivity contribution is 8.01. The first-order valence-corrected chi connectivity index (χ1v) is 14.8. The number of carbonyl (C=O) groups is 1. The van der Waals surface area contributed by atoms with Gasteiger partial charge in [-0.25, -0.2) is 0 Å². The van der Waals surface area contributed by atoms with Gasteiger partial charge in [-0.2, -0.15) is 0 Å². The lowest BCUT2D eigenvalue weighted by molar-refractivity contribution is -0.121. The number of rotatable bonds is 12. The molecule has 4 rings (SSSR count). The Labute approximate surface area is 252 Å². The third-order valence-electron chi connectivity index (χ3n) is 7.96. The first-order valence-electron chi connectivity index (χ1n) is 14.0. The number of carbonyl (C=O) groups excluding carboxylic acids is 1. The van der Waals surface area contributed by atoms with Crippen molar-refractivity contribution in [3.63, 3.8) is 0 Å². The molecule has 8 heteroatoms. The van der Waals surface area contributed by atoms with Crippen LogP contribution < -0.4 is 15.0 Å². The van der Waals surface area contributed by atoms with Gasteiger partial charge >= 0.3 is 0 Å². The van der Waals surface area contributed by atoms with Crippen molar-refractivity contribution in [2.45, 2.75) is 79.9 Å². The molecule has 2 aromatic rings. The number of unbranched alkanes of at least 4 members (excludes halogenated alkanes) is 1. The molecule has 1 atom stereocenters. The summed E-state index contributed by atoms with van der Waals surface area (Å²) in [5.41, 5.74) is 2.38. The number of amides is 1. The van der Waals surface area contributed by atoms with Crippen molar-refractivity contribution in [3.8, 4) is 5.75 Å². The minimum Gasteiger partial charge on any atom is -0.494 e. The first-order chi connectivity index (χ1) is 17.8. The van der Waals surface area contributed by atoms with E-state index in [1.165, 1.54) is 32.1 Å². The molecule has 218 valence electrons. The van der Waals surface area contributed by atoms with Crippen LogP contribution in [0, 0.1) is 0 Å². The van der Waals surface area contributed by atoms with Crippen LogP contribution in [0.5, 0.6) is 5.75 Å². The third kappa shape index (κ3) is 8.53. The number of para-hydroxylation sites is 1. The van der Waals surface area contributed by atoms with E-state index in [1.54, 1.807) is 11.8 Å². The Hall–Kier alpha value is -1.44. The number of nitrogens with one attached hydrogen (secondary N) is 1. The molecular weight excluding hydrogens is 549 g/mol. The van der Waals surface area contributed by atoms with Crippen LogP contribution in [0.1, 0.15) is 70.3 Å². The number of likely N-dealkylation sites (N-methyl/N-ethyl adjacent to an activating group) is 1. The van der Waals surface area contributed by atoms with Crippen molar-refractivity contribution in [2.75, 3.05) is 45.7 Å². The molecule has 39 heavy (non-hydrogen) atoms. The summed E-state index contributed by atoms with van der Waals surface area (Å²) in [5, 5.41) is 3.79. The number of anilines is 1. The summed E-state index contributed by atoms with van der Waals surface area (Å²) >= 11 is 1.71. The normalized spacial score (nSPS) is 20.1. The second-order valence-electron chi connectivity index (χ2n) is 11.3. The lowest BCUT2D eigenvalue weighted by atomic mass is 9.83. The van der Waals surface area contributed by atoms with Crippen LogP contribution in [0.4, 0.5) is 5.69 Å². The van der Waals surface area contributed by atoms with Gasteiger partial charge in [-0.3, -0.25) is 4.79 Å². The van der Waals surface area contributed by atoms with Gasteiger partial charge in [0.2, 0.25) is 5.91 Å². The molecule has 0 radical (unpaired) electrons. The Morgan fingerprint density at radius 3 is 2.36 bits per heavy atom. The summed E-state index contributed by atoms with van der Waals surface area (Å²) in [6.45, 7) is 5.11. The van der Waals surface area contributed by atoms with Gasteiger partial charge in [0, 0.05) is 17.5 Å². The maximum Gasteiger partial charge on any atom is 0.247 e. The van der Waals surface area contributed by atoms with Crippen LogP contribution >= 0.6 is 36.6 Å². The van der Waals surface area contributed by atoms with Crippen molar-refractivity contribution in [2.24, 2.45) is 0 Å². The van der Waals surface area contributed by atoms with Crippen molar-refractivity contribution < 1.29 is 9.53 Å². The van der Waals surface area contributed by atoms with Gasteiger partial charge in [-0.1, -0.05) is 43.5 Å². The molecule has 1 N–H and O–H groups in total. The zero-order valence-electron chi connectivity index (χ0n) is 24.0. The highest BCUT2D eigenvalue weighted by Gasteiger charge is 2.47. The summed E-state index contributed by atoms with van der Waals surface area (Å²) in [6.07, 6.45) is 10.6. The van der Waals surface area contributed by atoms with Gasteiger partial charge in [0.25, 0.3) is 0 Å². The Morgan fingerprint density at radius 2 is 1.67 bits per heavy atom. The van der Waals surface area contributed by atoms with Gasteiger partial charge in [-0.15, -0.1) is 36.6 Å². The third-order valence-corrected chi connectivity index (χ3v) is 9.49. The number of thioether (sulfide) groups is 1. The van der Waals surface area contributed by atoms with Gasteiger partial charge in [0.1, 0.15) is 10.5 Å². The summed E-state index contributed by atoms with van der Waals surface area (Å²) in [4.78, 5) is 19.0. The van der Waals surface area contributed by atoms with Crippen molar-refractivity contribution in [1.29, 1.82) is 0 Å². The van der Waals surface area contributed by atoms with Gasteiger partial charge in [-0.05, 0) is 102 Å². The topological polar surface area (TPSA) is 44.8 Å². The van der Waals surface area contributed by atoms with E-state index in [1.807, 2.05) is 36.2 Å². The average Bonchev–Trinajstić information content (AvgIpc) is 2.89. The van der Waals surface area contributed by atoms with Crippen LogP contribution in [-0.4, -0.2) is 57.2 Å². The van der Waals surface area contributed by atoms with E-state index in [2.05, 4.69) is 55.5 Å². The molecule has 2 aliphatic rings.